The van der Waals surface area contributed by atoms with Gasteiger partial charge in [0.25, 0.3) is 0 Å². The molecule has 1 aliphatic rings. The summed E-state index contributed by atoms with van der Waals surface area (Å²) >= 11 is 1.52. The van der Waals surface area contributed by atoms with Crippen molar-refractivity contribution in [2.75, 3.05) is 11.1 Å². The maximum atomic E-state index is 12.5. The van der Waals surface area contributed by atoms with Gasteiger partial charge >= 0.3 is 6.03 Å². The number of aromatic nitrogens is 4. The van der Waals surface area contributed by atoms with E-state index in [1.165, 1.54) is 11.8 Å². The van der Waals surface area contributed by atoms with Crippen molar-refractivity contribution in [1.82, 2.24) is 25.5 Å². The molecule has 3 atom stereocenters. The second kappa shape index (κ2) is 12.9. The number of tetrazole rings is 1. The van der Waals surface area contributed by atoms with Crippen molar-refractivity contribution < 1.29 is 19.4 Å². The SMILES string of the molecule is Cn1nnnc1SC[C@@H]1C[C@H](c2ccc(CO)cc2)O[C@H](c2cccc(NC(=O)NCc3ccccc3)c2)O1. The molecule has 3 aromatic carbocycles. The average Bonchev–Trinajstić information content (AvgIpc) is 3.40. The highest BCUT2D eigenvalue weighted by Gasteiger charge is 2.32. The number of hydrogen-bond donors (Lipinski definition) is 3. The summed E-state index contributed by atoms with van der Waals surface area (Å²) in [6, 6.07) is 24.7. The van der Waals surface area contributed by atoms with Gasteiger partial charge in [0.05, 0.1) is 18.8 Å². The van der Waals surface area contributed by atoms with Crippen LogP contribution in [0, 0.1) is 0 Å². The molecular formula is C28H30N6O4S. The van der Waals surface area contributed by atoms with Crippen LogP contribution in [0.2, 0.25) is 0 Å². The van der Waals surface area contributed by atoms with E-state index in [-0.39, 0.29) is 24.8 Å². The number of urea groups is 1. The van der Waals surface area contributed by atoms with Gasteiger partial charge in [0.15, 0.2) is 6.29 Å². The third-order valence-corrected chi connectivity index (χ3v) is 7.45. The molecule has 4 aromatic rings. The van der Waals surface area contributed by atoms with Crippen LogP contribution in [-0.4, -0.2) is 43.2 Å². The van der Waals surface area contributed by atoms with E-state index >= 15 is 0 Å². The molecule has 5 rings (SSSR count). The van der Waals surface area contributed by atoms with Crippen LogP contribution in [0.1, 0.15) is 41.1 Å². The van der Waals surface area contributed by atoms with Crippen LogP contribution in [-0.2, 0) is 29.7 Å². The van der Waals surface area contributed by atoms with Gasteiger partial charge < -0.3 is 25.2 Å². The lowest BCUT2D eigenvalue weighted by molar-refractivity contribution is -0.245. The van der Waals surface area contributed by atoms with Crippen LogP contribution in [0.3, 0.4) is 0 Å². The summed E-state index contributed by atoms with van der Waals surface area (Å²) in [5.74, 6) is 0.638. The second-order valence-electron chi connectivity index (χ2n) is 9.16. The monoisotopic (exact) mass is 546 g/mol. The molecule has 1 aromatic heterocycles. The number of aryl methyl sites for hydroxylation is 1. The molecule has 2 amide bonds. The summed E-state index contributed by atoms with van der Waals surface area (Å²) in [6.45, 7) is 0.416. The van der Waals surface area contributed by atoms with Crippen molar-refractivity contribution in [2.24, 2.45) is 7.05 Å². The van der Waals surface area contributed by atoms with Crippen LogP contribution >= 0.6 is 11.8 Å². The Bertz CT molecular complexity index is 1370. The lowest BCUT2D eigenvalue weighted by atomic mass is 10.0. The molecule has 0 bridgehead atoms. The first-order valence-electron chi connectivity index (χ1n) is 12.6. The highest BCUT2D eigenvalue weighted by atomic mass is 32.2. The largest absolute Gasteiger partial charge is 0.392 e. The molecule has 39 heavy (non-hydrogen) atoms. The maximum absolute atomic E-state index is 12.5. The summed E-state index contributed by atoms with van der Waals surface area (Å²) in [5.41, 5.74) is 4.29. The molecule has 1 saturated heterocycles. The zero-order chi connectivity index (χ0) is 27.0. The summed E-state index contributed by atoms with van der Waals surface area (Å²) < 4.78 is 14.4. The van der Waals surface area contributed by atoms with Gasteiger partial charge in [-0.2, -0.15) is 0 Å². The number of nitrogens with zero attached hydrogens (tertiary/aromatic N) is 4. The number of ether oxygens (including phenoxy) is 2. The first-order chi connectivity index (χ1) is 19.1. The molecule has 202 valence electrons. The number of benzene rings is 3. The van der Waals surface area contributed by atoms with E-state index in [0.29, 0.717) is 29.6 Å². The van der Waals surface area contributed by atoms with E-state index < -0.39 is 6.29 Å². The lowest BCUT2D eigenvalue weighted by Gasteiger charge is -2.36. The molecule has 0 aliphatic carbocycles. The fourth-order valence-corrected chi connectivity index (χ4v) is 5.12. The topological polar surface area (TPSA) is 123 Å². The smallest absolute Gasteiger partial charge is 0.319 e. The molecule has 1 aliphatic heterocycles. The fraction of sp³-hybridized carbons (Fsp3) is 0.286. The number of anilines is 1. The van der Waals surface area contributed by atoms with E-state index in [9.17, 15) is 9.90 Å². The number of amides is 2. The first-order valence-corrected chi connectivity index (χ1v) is 13.6. The van der Waals surface area contributed by atoms with Gasteiger partial charge in [0.1, 0.15) is 0 Å². The van der Waals surface area contributed by atoms with Gasteiger partial charge in [-0.3, -0.25) is 0 Å². The standard InChI is InChI=1S/C28H30N6O4S/c1-34-28(31-32-33-34)39-18-24-15-25(21-12-10-20(17-35)11-13-21)38-26(37-24)22-8-5-9-23(14-22)30-27(36)29-16-19-6-3-2-4-7-19/h2-14,24-26,35H,15-18H2,1H3,(H2,29,30,36)/t24-,25+,26+/m0/s1. The van der Waals surface area contributed by atoms with E-state index in [4.69, 9.17) is 9.47 Å². The highest BCUT2D eigenvalue weighted by molar-refractivity contribution is 7.99. The Labute approximate surface area is 230 Å². The summed E-state index contributed by atoms with van der Waals surface area (Å²) in [6.07, 6.45) is -0.351. The lowest BCUT2D eigenvalue weighted by Crippen LogP contribution is -2.31. The average molecular weight is 547 g/mol. The minimum absolute atomic E-state index is 0.0126. The molecule has 1 fully saturated rings. The molecular weight excluding hydrogens is 516 g/mol. The normalized spacial score (nSPS) is 19.0. The van der Waals surface area contributed by atoms with Crippen molar-refractivity contribution in [3.63, 3.8) is 0 Å². The molecule has 2 heterocycles. The predicted molar refractivity (Wildman–Crippen MR) is 147 cm³/mol. The Hall–Kier alpha value is -3.77. The summed E-state index contributed by atoms with van der Waals surface area (Å²) in [4.78, 5) is 12.5. The number of rotatable bonds is 9. The molecule has 0 radical (unpaired) electrons. The number of aliphatic hydroxyl groups is 1. The van der Waals surface area contributed by atoms with E-state index in [0.717, 1.165) is 22.3 Å². The van der Waals surface area contributed by atoms with E-state index in [1.54, 1.807) is 11.7 Å². The number of aliphatic hydroxyl groups excluding tert-OH is 1. The Balaban J connectivity index is 1.29. The van der Waals surface area contributed by atoms with Crippen LogP contribution in [0.15, 0.2) is 84.0 Å². The van der Waals surface area contributed by atoms with Gasteiger partial charge in [-0.1, -0.05) is 78.5 Å². The van der Waals surface area contributed by atoms with Gasteiger partial charge in [-0.05, 0) is 39.2 Å². The molecule has 11 heteroatoms. The number of nitrogens with one attached hydrogen (secondary N) is 2. The number of thioether (sulfide) groups is 1. The third kappa shape index (κ3) is 7.21. The third-order valence-electron chi connectivity index (χ3n) is 6.31. The van der Waals surface area contributed by atoms with Crippen molar-refractivity contribution in [3.05, 3.63) is 101 Å². The maximum Gasteiger partial charge on any atom is 0.319 e. The van der Waals surface area contributed by atoms with Gasteiger partial charge in [0, 0.05) is 37.0 Å². The van der Waals surface area contributed by atoms with Crippen molar-refractivity contribution in [2.45, 2.75) is 43.2 Å². The van der Waals surface area contributed by atoms with Crippen LogP contribution in [0.5, 0.6) is 0 Å². The summed E-state index contributed by atoms with van der Waals surface area (Å²) in [5, 5.41) is 27.6. The van der Waals surface area contributed by atoms with Crippen LogP contribution in [0.4, 0.5) is 10.5 Å². The molecule has 3 N–H and O–H groups in total. The van der Waals surface area contributed by atoms with Crippen molar-refractivity contribution in [1.29, 1.82) is 0 Å². The molecule has 10 nitrogen and oxygen atoms in total. The van der Waals surface area contributed by atoms with Crippen LogP contribution in [0.25, 0.3) is 0 Å². The first kappa shape index (κ1) is 26.8. The molecule has 0 spiro atoms. The quantitative estimate of drug-likeness (QED) is 0.265. The van der Waals surface area contributed by atoms with Crippen molar-refractivity contribution in [3.8, 4) is 0 Å². The molecule has 0 unspecified atom stereocenters. The minimum Gasteiger partial charge on any atom is -0.392 e. The van der Waals surface area contributed by atoms with Crippen molar-refractivity contribution >= 4 is 23.5 Å². The minimum atomic E-state index is -0.640. The number of carbonyl (C=O) groups excluding carboxylic acids is 1. The second-order valence-corrected chi connectivity index (χ2v) is 10.2. The zero-order valence-electron chi connectivity index (χ0n) is 21.4. The Morgan fingerprint density at radius 1 is 1.03 bits per heavy atom. The zero-order valence-corrected chi connectivity index (χ0v) is 22.3. The number of hydrogen-bond acceptors (Lipinski definition) is 8. The Morgan fingerprint density at radius 3 is 2.59 bits per heavy atom. The van der Waals surface area contributed by atoms with Gasteiger partial charge in [-0.25, -0.2) is 9.48 Å². The Morgan fingerprint density at radius 2 is 1.85 bits per heavy atom. The van der Waals surface area contributed by atoms with Gasteiger partial charge in [-0.15, -0.1) is 5.10 Å². The fourth-order valence-electron chi connectivity index (χ4n) is 4.25. The molecule has 0 saturated carbocycles. The van der Waals surface area contributed by atoms with E-state index in [1.807, 2.05) is 78.9 Å². The predicted octanol–water partition coefficient (Wildman–Crippen LogP) is 4.36. The van der Waals surface area contributed by atoms with Gasteiger partial charge in [0.2, 0.25) is 5.16 Å². The van der Waals surface area contributed by atoms with Crippen LogP contribution < -0.4 is 10.6 Å². The Kier molecular flexibility index (Phi) is 8.84. The van der Waals surface area contributed by atoms with E-state index in [2.05, 4.69) is 26.2 Å². The highest BCUT2D eigenvalue weighted by Crippen LogP contribution is 2.39. The summed E-state index contributed by atoms with van der Waals surface area (Å²) in [7, 11) is 1.80. The number of carbonyl (C=O) groups is 1.